The van der Waals surface area contributed by atoms with Gasteiger partial charge in [0.1, 0.15) is 5.60 Å². The molecule has 3 heteroatoms. The summed E-state index contributed by atoms with van der Waals surface area (Å²) >= 11 is 3.47. The summed E-state index contributed by atoms with van der Waals surface area (Å²) in [5.41, 5.74) is 0.478. The monoisotopic (exact) mass is 352 g/mol. The number of likely N-dealkylation sites (tertiary alicyclic amines) is 1. The molecule has 0 radical (unpaired) electrons. The smallest absolute Gasteiger partial charge is 0.100 e. The third kappa shape index (κ3) is 3.52. The summed E-state index contributed by atoms with van der Waals surface area (Å²) in [7, 11) is 0. The van der Waals surface area contributed by atoms with E-state index < -0.39 is 5.60 Å². The van der Waals surface area contributed by atoms with Gasteiger partial charge in [-0.25, -0.2) is 0 Å². The van der Waals surface area contributed by atoms with Gasteiger partial charge in [0.25, 0.3) is 0 Å². The Bertz CT molecular complexity index is 465. The molecule has 0 amide bonds. The molecule has 1 saturated carbocycles. The molecule has 1 aromatic rings. The van der Waals surface area contributed by atoms with E-state index in [1.807, 2.05) is 12.1 Å². The van der Waals surface area contributed by atoms with Gasteiger partial charge in [-0.1, -0.05) is 41.4 Å². The highest BCUT2D eigenvalue weighted by Crippen LogP contribution is 2.31. The SMILES string of the molecule is C[C@@H]1CCC[C@@H]([NH+]2CCC(O)(c3ccc(Br)cc3)CC2)C1. The lowest BCUT2D eigenvalue weighted by atomic mass is 9.81. The zero-order chi connectivity index (χ0) is 14.9. The molecule has 1 aromatic carbocycles. The molecule has 2 nitrogen and oxygen atoms in total. The number of nitrogens with one attached hydrogen (secondary N) is 1. The number of hydrogen-bond donors (Lipinski definition) is 2. The second-order valence-corrected chi connectivity index (χ2v) is 8.08. The van der Waals surface area contributed by atoms with E-state index in [9.17, 15) is 5.11 Å². The summed E-state index contributed by atoms with van der Waals surface area (Å²) in [6, 6.07) is 9.04. The van der Waals surface area contributed by atoms with E-state index in [2.05, 4.69) is 35.0 Å². The average Bonchev–Trinajstić information content (AvgIpc) is 2.48. The second-order valence-electron chi connectivity index (χ2n) is 7.17. The molecule has 1 heterocycles. The summed E-state index contributed by atoms with van der Waals surface area (Å²) in [5.74, 6) is 0.892. The molecule has 1 saturated heterocycles. The van der Waals surface area contributed by atoms with Crippen LogP contribution in [0.2, 0.25) is 0 Å². The normalized spacial score (nSPS) is 37.4. The van der Waals surface area contributed by atoms with E-state index in [4.69, 9.17) is 0 Å². The standard InChI is InChI=1S/C18H26BrNO/c1-14-3-2-4-17(13-14)20-11-9-18(21,10-12-20)15-5-7-16(19)8-6-15/h5-8,14,17,21H,2-4,9-13H2,1H3/p+1/t14-,17-/m1/s1. The lowest BCUT2D eigenvalue weighted by Crippen LogP contribution is -3.17. The van der Waals surface area contributed by atoms with Gasteiger partial charge in [0, 0.05) is 23.7 Å². The first-order valence-electron chi connectivity index (χ1n) is 8.40. The van der Waals surface area contributed by atoms with Crippen LogP contribution in [0, 0.1) is 5.92 Å². The maximum Gasteiger partial charge on any atom is 0.100 e. The first kappa shape index (κ1) is 15.5. The van der Waals surface area contributed by atoms with Crippen LogP contribution in [-0.4, -0.2) is 24.2 Å². The minimum atomic E-state index is -0.607. The van der Waals surface area contributed by atoms with Crippen molar-refractivity contribution in [1.82, 2.24) is 0 Å². The lowest BCUT2D eigenvalue weighted by Gasteiger charge is -2.41. The first-order chi connectivity index (χ1) is 10.1. The van der Waals surface area contributed by atoms with Crippen LogP contribution in [0.25, 0.3) is 0 Å². The van der Waals surface area contributed by atoms with Crippen LogP contribution >= 0.6 is 15.9 Å². The number of benzene rings is 1. The molecule has 2 fully saturated rings. The highest BCUT2D eigenvalue weighted by Gasteiger charge is 2.39. The Morgan fingerprint density at radius 1 is 1.14 bits per heavy atom. The van der Waals surface area contributed by atoms with Gasteiger partial charge >= 0.3 is 0 Å². The van der Waals surface area contributed by atoms with E-state index >= 15 is 0 Å². The number of rotatable bonds is 2. The fourth-order valence-electron chi connectivity index (χ4n) is 4.25. The van der Waals surface area contributed by atoms with Gasteiger partial charge in [0.2, 0.25) is 0 Å². The third-order valence-electron chi connectivity index (χ3n) is 5.61. The third-order valence-corrected chi connectivity index (χ3v) is 6.14. The van der Waals surface area contributed by atoms with Crippen molar-refractivity contribution in [3.8, 4) is 0 Å². The number of quaternary nitrogens is 1. The molecule has 2 atom stereocenters. The van der Waals surface area contributed by atoms with Crippen molar-refractivity contribution in [1.29, 1.82) is 0 Å². The van der Waals surface area contributed by atoms with Crippen LogP contribution in [0.1, 0.15) is 51.0 Å². The van der Waals surface area contributed by atoms with E-state index in [1.54, 1.807) is 4.90 Å². The quantitative estimate of drug-likeness (QED) is 0.840. The van der Waals surface area contributed by atoms with Crippen molar-refractivity contribution in [3.05, 3.63) is 34.3 Å². The summed E-state index contributed by atoms with van der Waals surface area (Å²) in [6.45, 7) is 4.63. The second kappa shape index (κ2) is 6.39. The molecule has 0 bridgehead atoms. The zero-order valence-electron chi connectivity index (χ0n) is 12.9. The number of halogens is 1. The van der Waals surface area contributed by atoms with Crippen LogP contribution in [0.5, 0.6) is 0 Å². The summed E-state index contributed by atoms with van der Waals surface area (Å²) in [4.78, 5) is 1.74. The minimum absolute atomic E-state index is 0.607. The molecule has 0 spiro atoms. The molecular weight excluding hydrogens is 326 g/mol. The van der Waals surface area contributed by atoms with E-state index in [0.29, 0.717) is 0 Å². The van der Waals surface area contributed by atoms with E-state index in [-0.39, 0.29) is 0 Å². The van der Waals surface area contributed by atoms with Gasteiger partial charge in [-0.2, -0.15) is 0 Å². The van der Waals surface area contributed by atoms with Crippen LogP contribution in [0.4, 0.5) is 0 Å². The Morgan fingerprint density at radius 2 is 1.81 bits per heavy atom. The minimum Gasteiger partial charge on any atom is -0.385 e. The van der Waals surface area contributed by atoms with Gasteiger partial charge in [-0.15, -0.1) is 0 Å². The van der Waals surface area contributed by atoms with Crippen molar-refractivity contribution < 1.29 is 10.0 Å². The van der Waals surface area contributed by atoms with Gasteiger partial charge in [0.05, 0.1) is 19.1 Å². The van der Waals surface area contributed by atoms with Crippen LogP contribution in [0.3, 0.4) is 0 Å². The Kier molecular flexibility index (Phi) is 4.72. The fraction of sp³-hybridized carbons (Fsp3) is 0.667. The molecule has 116 valence electrons. The van der Waals surface area contributed by atoms with E-state index in [0.717, 1.165) is 47.9 Å². The summed E-state index contributed by atoms with van der Waals surface area (Å²) < 4.78 is 1.08. The summed E-state index contributed by atoms with van der Waals surface area (Å²) in [5, 5.41) is 11.0. The molecule has 0 aromatic heterocycles. The van der Waals surface area contributed by atoms with Gasteiger partial charge in [-0.05, 0) is 36.5 Å². The summed E-state index contributed by atoms with van der Waals surface area (Å²) in [6.07, 6.45) is 7.37. The van der Waals surface area contributed by atoms with Crippen molar-refractivity contribution >= 4 is 15.9 Å². The molecule has 21 heavy (non-hydrogen) atoms. The van der Waals surface area contributed by atoms with E-state index in [1.165, 1.54) is 25.7 Å². The zero-order valence-corrected chi connectivity index (χ0v) is 14.5. The predicted octanol–water partition coefficient (Wildman–Crippen LogP) is 2.89. The predicted molar refractivity (Wildman–Crippen MR) is 89.4 cm³/mol. The average molecular weight is 353 g/mol. The van der Waals surface area contributed by atoms with Crippen LogP contribution in [0.15, 0.2) is 28.7 Å². The molecular formula is C18H27BrNO+. The first-order valence-corrected chi connectivity index (χ1v) is 9.19. The van der Waals surface area contributed by atoms with Crippen molar-refractivity contribution in [2.24, 2.45) is 5.92 Å². The number of aliphatic hydroxyl groups is 1. The van der Waals surface area contributed by atoms with Crippen LogP contribution in [-0.2, 0) is 5.60 Å². The topological polar surface area (TPSA) is 24.7 Å². The Hall–Kier alpha value is -0.380. The highest BCUT2D eigenvalue weighted by molar-refractivity contribution is 9.10. The maximum absolute atomic E-state index is 11.0. The molecule has 2 aliphatic rings. The molecule has 1 aliphatic carbocycles. The van der Waals surface area contributed by atoms with Crippen molar-refractivity contribution in [3.63, 3.8) is 0 Å². The molecule has 1 aliphatic heterocycles. The Morgan fingerprint density at radius 3 is 2.43 bits per heavy atom. The molecule has 3 rings (SSSR count). The van der Waals surface area contributed by atoms with Gasteiger partial charge in [0.15, 0.2) is 0 Å². The van der Waals surface area contributed by atoms with Crippen molar-refractivity contribution in [2.75, 3.05) is 13.1 Å². The Labute approximate surface area is 136 Å². The lowest BCUT2D eigenvalue weighted by molar-refractivity contribution is -0.934. The van der Waals surface area contributed by atoms with Crippen molar-refractivity contribution in [2.45, 2.75) is 57.1 Å². The molecule has 2 N–H and O–H groups in total. The maximum atomic E-state index is 11.0. The number of hydrogen-bond acceptors (Lipinski definition) is 1. The van der Waals surface area contributed by atoms with Gasteiger partial charge in [-0.3, -0.25) is 0 Å². The van der Waals surface area contributed by atoms with Crippen LogP contribution < -0.4 is 4.90 Å². The highest BCUT2D eigenvalue weighted by atomic mass is 79.9. The number of piperidine rings is 1. The molecule has 0 unspecified atom stereocenters. The fourth-order valence-corrected chi connectivity index (χ4v) is 4.51. The van der Waals surface area contributed by atoms with Gasteiger partial charge < -0.3 is 10.0 Å². The largest absolute Gasteiger partial charge is 0.385 e. The Balaban J connectivity index is 1.62.